The fraction of sp³-hybridized carbons (Fsp3) is 0.833. The van der Waals surface area contributed by atoms with Crippen LogP contribution < -0.4 is 5.32 Å². The van der Waals surface area contributed by atoms with Crippen molar-refractivity contribution in [3.05, 3.63) is 0 Å². The molecule has 2 aliphatic heterocycles. The fourth-order valence-electron chi connectivity index (χ4n) is 2.32. The van der Waals surface area contributed by atoms with Crippen molar-refractivity contribution in [3.8, 4) is 0 Å². The minimum atomic E-state index is -0.163. The summed E-state index contributed by atoms with van der Waals surface area (Å²) in [6, 6.07) is -0.220. The van der Waals surface area contributed by atoms with Crippen LogP contribution in [0.1, 0.15) is 6.92 Å². The Hall–Kier alpha value is -1.34. The summed E-state index contributed by atoms with van der Waals surface area (Å²) in [6.07, 6.45) is -0.0918. The van der Waals surface area contributed by atoms with Gasteiger partial charge in [-0.05, 0) is 6.92 Å². The highest BCUT2D eigenvalue weighted by atomic mass is 16.5. The SMILES string of the molecule is CCO[C@H]1COC[C@@H]1NC(=O)CN1CCN(C)C1=O. The summed E-state index contributed by atoms with van der Waals surface area (Å²) < 4.78 is 10.8. The van der Waals surface area contributed by atoms with Crippen LogP contribution in [0, 0.1) is 0 Å². The fourth-order valence-corrected chi connectivity index (χ4v) is 2.32. The molecule has 3 amide bonds. The first-order chi connectivity index (χ1) is 9.11. The average molecular weight is 271 g/mol. The van der Waals surface area contributed by atoms with E-state index in [1.807, 2.05) is 6.92 Å². The number of carbonyl (C=O) groups excluding carboxylic acids is 2. The molecule has 0 bridgehead atoms. The number of likely N-dealkylation sites (N-methyl/N-ethyl adjacent to an activating group) is 1. The predicted octanol–water partition coefficient (Wildman–Crippen LogP) is -0.726. The van der Waals surface area contributed by atoms with Crippen molar-refractivity contribution < 1.29 is 19.1 Å². The molecule has 0 spiro atoms. The molecule has 2 fully saturated rings. The van der Waals surface area contributed by atoms with E-state index in [0.29, 0.717) is 32.9 Å². The van der Waals surface area contributed by atoms with Gasteiger partial charge in [-0.25, -0.2) is 4.79 Å². The second-order valence-electron chi connectivity index (χ2n) is 4.83. The molecule has 1 N–H and O–H groups in total. The normalized spacial score (nSPS) is 27.2. The first-order valence-electron chi connectivity index (χ1n) is 6.60. The van der Waals surface area contributed by atoms with E-state index in [4.69, 9.17) is 9.47 Å². The maximum absolute atomic E-state index is 11.9. The van der Waals surface area contributed by atoms with Gasteiger partial charge in [0.2, 0.25) is 5.91 Å². The van der Waals surface area contributed by atoms with Gasteiger partial charge < -0.3 is 24.6 Å². The molecular formula is C12H21N3O4. The van der Waals surface area contributed by atoms with Crippen LogP contribution >= 0.6 is 0 Å². The minimum Gasteiger partial charge on any atom is -0.376 e. The first-order valence-corrected chi connectivity index (χ1v) is 6.60. The largest absolute Gasteiger partial charge is 0.376 e. The Balaban J connectivity index is 1.79. The van der Waals surface area contributed by atoms with Gasteiger partial charge in [-0.1, -0.05) is 0 Å². The average Bonchev–Trinajstić information content (AvgIpc) is 2.92. The second-order valence-corrected chi connectivity index (χ2v) is 4.83. The lowest BCUT2D eigenvalue weighted by Crippen LogP contribution is -2.48. The van der Waals surface area contributed by atoms with Crippen LogP contribution in [0.4, 0.5) is 4.79 Å². The lowest BCUT2D eigenvalue weighted by molar-refractivity contribution is -0.123. The molecule has 2 atom stereocenters. The van der Waals surface area contributed by atoms with Crippen LogP contribution in [0.2, 0.25) is 0 Å². The third-order valence-electron chi connectivity index (χ3n) is 3.39. The lowest BCUT2D eigenvalue weighted by Gasteiger charge is -2.21. The van der Waals surface area contributed by atoms with Gasteiger partial charge in [-0.3, -0.25) is 4.79 Å². The first kappa shape index (κ1) is 14.1. The molecule has 7 heteroatoms. The number of hydrogen-bond donors (Lipinski definition) is 1. The van der Waals surface area contributed by atoms with E-state index in [-0.39, 0.29) is 30.6 Å². The maximum Gasteiger partial charge on any atom is 0.320 e. The van der Waals surface area contributed by atoms with Gasteiger partial charge in [0, 0.05) is 26.7 Å². The molecule has 108 valence electrons. The number of rotatable bonds is 5. The molecular weight excluding hydrogens is 250 g/mol. The van der Waals surface area contributed by atoms with E-state index in [1.54, 1.807) is 16.8 Å². The number of ether oxygens (including phenoxy) is 2. The van der Waals surface area contributed by atoms with Gasteiger partial charge in [0.05, 0.1) is 19.3 Å². The number of nitrogens with one attached hydrogen (secondary N) is 1. The van der Waals surface area contributed by atoms with E-state index in [0.717, 1.165) is 0 Å². The molecule has 0 saturated carbocycles. The van der Waals surface area contributed by atoms with Gasteiger partial charge in [0.25, 0.3) is 0 Å². The smallest absolute Gasteiger partial charge is 0.320 e. The summed E-state index contributed by atoms with van der Waals surface area (Å²) in [5.74, 6) is -0.163. The molecule has 0 aromatic carbocycles. The molecule has 0 aromatic rings. The lowest BCUT2D eigenvalue weighted by atomic mass is 10.2. The summed E-state index contributed by atoms with van der Waals surface area (Å²) in [5.41, 5.74) is 0. The molecule has 0 aliphatic carbocycles. The van der Waals surface area contributed by atoms with Crippen molar-refractivity contribution >= 4 is 11.9 Å². The third-order valence-corrected chi connectivity index (χ3v) is 3.39. The Bertz CT molecular complexity index is 350. The van der Waals surface area contributed by atoms with Crippen molar-refractivity contribution in [2.24, 2.45) is 0 Å². The highest BCUT2D eigenvalue weighted by Gasteiger charge is 2.32. The molecule has 0 unspecified atom stereocenters. The Labute approximate surface area is 112 Å². The van der Waals surface area contributed by atoms with Gasteiger partial charge in [0.15, 0.2) is 0 Å². The van der Waals surface area contributed by atoms with Crippen LogP contribution in [0.5, 0.6) is 0 Å². The summed E-state index contributed by atoms with van der Waals surface area (Å²) in [5, 5.41) is 2.87. The zero-order valence-electron chi connectivity index (χ0n) is 11.4. The summed E-state index contributed by atoms with van der Waals surface area (Å²) in [4.78, 5) is 26.7. The van der Waals surface area contributed by atoms with E-state index < -0.39 is 0 Å². The third kappa shape index (κ3) is 3.36. The van der Waals surface area contributed by atoms with E-state index in [1.165, 1.54) is 0 Å². The van der Waals surface area contributed by atoms with E-state index in [2.05, 4.69) is 5.32 Å². The maximum atomic E-state index is 11.9. The quantitative estimate of drug-likeness (QED) is 0.716. The van der Waals surface area contributed by atoms with Crippen molar-refractivity contribution in [2.75, 3.05) is 46.5 Å². The standard InChI is InChI=1S/C12H21N3O4/c1-3-19-10-8-18-7-9(10)13-11(16)6-15-5-4-14(2)12(15)17/h9-10H,3-8H2,1-2H3,(H,13,16)/t9-,10-/m0/s1. The van der Waals surface area contributed by atoms with E-state index in [9.17, 15) is 9.59 Å². The molecule has 2 rings (SSSR count). The van der Waals surface area contributed by atoms with Gasteiger partial charge in [-0.15, -0.1) is 0 Å². The topological polar surface area (TPSA) is 71.1 Å². The van der Waals surface area contributed by atoms with Gasteiger partial charge in [-0.2, -0.15) is 0 Å². The van der Waals surface area contributed by atoms with Crippen LogP contribution in [0.25, 0.3) is 0 Å². The van der Waals surface area contributed by atoms with Crippen LogP contribution in [-0.2, 0) is 14.3 Å². The van der Waals surface area contributed by atoms with Crippen molar-refractivity contribution in [3.63, 3.8) is 0 Å². The van der Waals surface area contributed by atoms with Crippen molar-refractivity contribution in [1.82, 2.24) is 15.1 Å². The minimum absolute atomic E-state index is 0.0918. The highest BCUT2D eigenvalue weighted by Crippen LogP contribution is 2.10. The van der Waals surface area contributed by atoms with Crippen LogP contribution in [0.15, 0.2) is 0 Å². The van der Waals surface area contributed by atoms with Crippen molar-refractivity contribution in [2.45, 2.75) is 19.1 Å². The molecule has 0 aromatic heterocycles. The molecule has 2 aliphatic rings. The summed E-state index contributed by atoms with van der Waals surface area (Å²) in [7, 11) is 1.73. The molecule has 2 heterocycles. The second kappa shape index (κ2) is 6.21. The Kier molecular flexibility index (Phi) is 4.60. The molecule has 7 nitrogen and oxygen atoms in total. The summed E-state index contributed by atoms with van der Waals surface area (Å²) >= 11 is 0. The zero-order chi connectivity index (χ0) is 13.8. The molecule has 0 radical (unpaired) electrons. The predicted molar refractivity (Wildman–Crippen MR) is 67.8 cm³/mol. The number of nitrogens with zero attached hydrogens (tertiary/aromatic N) is 2. The number of hydrogen-bond acceptors (Lipinski definition) is 4. The number of urea groups is 1. The molecule has 19 heavy (non-hydrogen) atoms. The Morgan fingerprint density at radius 2 is 2.26 bits per heavy atom. The van der Waals surface area contributed by atoms with Crippen LogP contribution in [-0.4, -0.2) is 80.4 Å². The van der Waals surface area contributed by atoms with Crippen molar-refractivity contribution in [1.29, 1.82) is 0 Å². The Morgan fingerprint density at radius 1 is 1.47 bits per heavy atom. The summed E-state index contributed by atoms with van der Waals surface area (Å²) in [6.45, 7) is 4.83. The number of amides is 3. The molecule has 2 saturated heterocycles. The van der Waals surface area contributed by atoms with Gasteiger partial charge in [0.1, 0.15) is 12.6 Å². The highest BCUT2D eigenvalue weighted by molar-refractivity contribution is 5.85. The monoisotopic (exact) mass is 271 g/mol. The van der Waals surface area contributed by atoms with Gasteiger partial charge >= 0.3 is 6.03 Å². The zero-order valence-corrected chi connectivity index (χ0v) is 11.4. The Morgan fingerprint density at radius 3 is 2.89 bits per heavy atom. The van der Waals surface area contributed by atoms with E-state index >= 15 is 0 Å². The van der Waals surface area contributed by atoms with Crippen LogP contribution in [0.3, 0.4) is 0 Å². The number of carbonyl (C=O) groups is 2.